The van der Waals surface area contributed by atoms with E-state index in [4.69, 9.17) is 5.10 Å². The Morgan fingerprint density at radius 3 is 1.74 bits per heavy atom. The minimum atomic E-state index is 0.741. The second-order valence-corrected chi connectivity index (χ2v) is 7.19. The minimum absolute atomic E-state index is 0.741. The van der Waals surface area contributed by atoms with Gasteiger partial charge in [0.25, 0.3) is 0 Å². The van der Waals surface area contributed by atoms with Crippen molar-refractivity contribution in [1.29, 1.82) is 0 Å². The lowest BCUT2D eigenvalue weighted by atomic mass is 10.0. The molecule has 0 N–H and O–H groups in total. The summed E-state index contributed by atoms with van der Waals surface area (Å²) in [5.74, 6) is 0. The van der Waals surface area contributed by atoms with Gasteiger partial charge in [-0.25, -0.2) is 0 Å². The van der Waals surface area contributed by atoms with E-state index in [2.05, 4.69) is 95.3 Å². The van der Waals surface area contributed by atoms with Crippen LogP contribution in [0.3, 0.4) is 0 Å². The molecule has 3 heteroatoms. The number of para-hydroxylation sites is 1. The van der Waals surface area contributed by atoms with Gasteiger partial charge in [-0.2, -0.15) is 5.10 Å². The fraction of sp³-hybridized carbons (Fsp3) is 0.0417. The summed E-state index contributed by atoms with van der Waals surface area (Å²) >= 11 is 1.75. The maximum atomic E-state index is 5.12. The first-order valence-electron chi connectivity index (χ1n) is 8.94. The van der Waals surface area contributed by atoms with Crippen LogP contribution in [0.4, 0.5) is 5.69 Å². The molecule has 0 aliphatic carbocycles. The molecular formula is C24H20N2S. The SMILES string of the molecule is c1ccc(C(=NN(Cc2cccs2)c2ccccc2)c2ccccc2)cc1. The molecule has 0 aliphatic heterocycles. The van der Waals surface area contributed by atoms with Gasteiger partial charge in [0.1, 0.15) is 0 Å². The predicted octanol–water partition coefficient (Wildman–Crippen LogP) is 6.21. The standard InChI is InChI=1S/C24H20N2S/c1-4-11-20(12-5-1)24(21-13-6-2-7-14-21)25-26(19-23-17-10-18-27-23)22-15-8-3-9-16-22/h1-18H,19H2. The summed E-state index contributed by atoms with van der Waals surface area (Å²) in [5.41, 5.74) is 4.26. The zero-order valence-corrected chi connectivity index (χ0v) is 15.7. The van der Waals surface area contributed by atoms with Gasteiger partial charge in [-0.3, -0.25) is 5.01 Å². The van der Waals surface area contributed by atoms with Gasteiger partial charge >= 0.3 is 0 Å². The van der Waals surface area contributed by atoms with Crippen molar-refractivity contribution in [3.8, 4) is 0 Å². The number of hydrogen-bond acceptors (Lipinski definition) is 3. The van der Waals surface area contributed by atoms with Crippen LogP contribution in [0.2, 0.25) is 0 Å². The first-order chi connectivity index (χ1) is 13.4. The van der Waals surface area contributed by atoms with Crippen LogP contribution in [0.25, 0.3) is 0 Å². The number of rotatable bonds is 6. The molecule has 2 nitrogen and oxygen atoms in total. The largest absolute Gasteiger partial charge is 0.260 e. The molecule has 0 saturated carbocycles. The Bertz CT molecular complexity index is 937. The van der Waals surface area contributed by atoms with Gasteiger partial charge < -0.3 is 0 Å². The number of anilines is 1. The molecule has 3 aromatic carbocycles. The second-order valence-electron chi connectivity index (χ2n) is 6.15. The summed E-state index contributed by atoms with van der Waals surface area (Å²) < 4.78 is 0. The Labute approximate surface area is 164 Å². The number of hydrazone groups is 1. The first kappa shape index (κ1) is 17.3. The van der Waals surface area contributed by atoms with Crippen molar-refractivity contribution in [3.63, 3.8) is 0 Å². The molecule has 4 rings (SSSR count). The molecule has 0 atom stereocenters. The van der Waals surface area contributed by atoms with E-state index in [0.717, 1.165) is 29.1 Å². The van der Waals surface area contributed by atoms with Crippen LogP contribution in [0.5, 0.6) is 0 Å². The van der Waals surface area contributed by atoms with Gasteiger partial charge in [0.15, 0.2) is 0 Å². The Hall–Kier alpha value is -3.17. The molecule has 132 valence electrons. The summed E-state index contributed by atoms with van der Waals surface area (Å²) in [6, 6.07) is 35.3. The normalized spacial score (nSPS) is 10.4. The van der Waals surface area contributed by atoms with Gasteiger partial charge in [-0.05, 0) is 23.6 Å². The van der Waals surface area contributed by atoms with Gasteiger partial charge in [0.2, 0.25) is 0 Å². The highest BCUT2D eigenvalue weighted by Gasteiger charge is 2.12. The quantitative estimate of drug-likeness (QED) is 0.292. The van der Waals surface area contributed by atoms with Crippen molar-refractivity contribution >= 4 is 22.7 Å². The third-order valence-corrected chi connectivity index (χ3v) is 5.12. The lowest BCUT2D eigenvalue weighted by Crippen LogP contribution is -2.19. The predicted molar refractivity (Wildman–Crippen MR) is 115 cm³/mol. The number of nitrogens with zero attached hydrogens (tertiary/aromatic N) is 2. The van der Waals surface area contributed by atoms with Crippen LogP contribution in [-0.4, -0.2) is 5.71 Å². The average molecular weight is 369 g/mol. The number of benzene rings is 3. The average Bonchev–Trinajstić information content (AvgIpc) is 3.26. The van der Waals surface area contributed by atoms with Crippen molar-refractivity contribution in [2.45, 2.75) is 6.54 Å². The summed E-state index contributed by atoms with van der Waals surface area (Å²) in [5, 5.41) is 9.31. The zero-order chi connectivity index (χ0) is 18.3. The van der Waals surface area contributed by atoms with Crippen molar-refractivity contribution < 1.29 is 0 Å². The second kappa shape index (κ2) is 8.47. The van der Waals surface area contributed by atoms with E-state index in [1.807, 2.05) is 18.2 Å². The molecule has 0 saturated heterocycles. The minimum Gasteiger partial charge on any atom is -0.260 e. The van der Waals surface area contributed by atoms with E-state index < -0.39 is 0 Å². The number of hydrogen-bond donors (Lipinski definition) is 0. The Kier molecular flexibility index (Phi) is 5.42. The van der Waals surface area contributed by atoms with E-state index in [1.54, 1.807) is 11.3 Å². The molecule has 0 radical (unpaired) electrons. The Morgan fingerprint density at radius 1 is 0.667 bits per heavy atom. The fourth-order valence-electron chi connectivity index (χ4n) is 2.93. The van der Waals surface area contributed by atoms with E-state index in [-0.39, 0.29) is 0 Å². The summed E-state index contributed by atoms with van der Waals surface area (Å²) in [4.78, 5) is 1.28. The lowest BCUT2D eigenvalue weighted by molar-refractivity contribution is 0.867. The van der Waals surface area contributed by atoms with Crippen LogP contribution in [0.1, 0.15) is 16.0 Å². The highest BCUT2D eigenvalue weighted by molar-refractivity contribution is 7.09. The summed E-state index contributed by atoms with van der Waals surface area (Å²) in [7, 11) is 0. The number of thiophene rings is 1. The van der Waals surface area contributed by atoms with Gasteiger partial charge in [-0.1, -0.05) is 84.9 Å². The van der Waals surface area contributed by atoms with Crippen molar-refractivity contribution in [1.82, 2.24) is 0 Å². The van der Waals surface area contributed by atoms with Crippen molar-refractivity contribution in [3.05, 3.63) is 125 Å². The van der Waals surface area contributed by atoms with E-state index in [0.29, 0.717) is 0 Å². The lowest BCUT2D eigenvalue weighted by Gasteiger charge is -2.21. The highest BCUT2D eigenvalue weighted by Crippen LogP contribution is 2.22. The molecule has 0 aliphatic rings. The molecule has 27 heavy (non-hydrogen) atoms. The van der Waals surface area contributed by atoms with E-state index in [1.165, 1.54) is 4.88 Å². The van der Waals surface area contributed by atoms with E-state index in [9.17, 15) is 0 Å². The smallest absolute Gasteiger partial charge is 0.0980 e. The third kappa shape index (κ3) is 4.33. The Balaban J connectivity index is 1.81. The van der Waals surface area contributed by atoms with Crippen molar-refractivity contribution in [2.75, 3.05) is 5.01 Å². The van der Waals surface area contributed by atoms with Crippen LogP contribution >= 0.6 is 11.3 Å². The molecule has 4 aromatic rings. The summed E-state index contributed by atoms with van der Waals surface area (Å²) in [6.07, 6.45) is 0. The first-order valence-corrected chi connectivity index (χ1v) is 9.82. The molecule has 1 heterocycles. The molecule has 1 aromatic heterocycles. The zero-order valence-electron chi connectivity index (χ0n) is 14.9. The van der Waals surface area contributed by atoms with Gasteiger partial charge in [0, 0.05) is 16.0 Å². The van der Waals surface area contributed by atoms with Crippen molar-refractivity contribution in [2.24, 2.45) is 5.10 Å². The molecule has 0 fully saturated rings. The molecule has 0 spiro atoms. The van der Waals surface area contributed by atoms with Crippen LogP contribution in [0.15, 0.2) is 114 Å². The highest BCUT2D eigenvalue weighted by atomic mass is 32.1. The van der Waals surface area contributed by atoms with Crippen LogP contribution in [-0.2, 0) is 6.54 Å². The molecule has 0 amide bonds. The maximum absolute atomic E-state index is 5.12. The molecular weight excluding hydrogens is 348 g/mol. The summed E-state index contributed by atoms with van der Waals surface area (Å²) in [6.45, 7) is 0.741. The van der Waals surface area contributed by atoms with Gasteiger partial charge in [0.05, 0.1) is 17.9 Å². The fourth-order valence-corrected chi connectivity index (χ4v) is 3.62. The topological polar surface area (TPSA) is 15.6 Å². The maximum Gasteiger partial charge on any atom is 0.0980 e. The molecule has 0 bridgehead atoms. The van der Waals surface area contributed by atoms with Crippen LogP contribution < -0.4 is 5.01 Å². The van der Waals surface area contributed by atoms with Crippen LogP contribution in [0, 0.1) is 0 Å². The van der Waals surface area contributed by atoms with Gasteiger partial charge in [-0.15, -0.1) is 11.3 Å². The van der Waals surface area contributed by atoms with E-state index >= 15 is 0 Å². The monoisotopic (exact) mass is 368 g/mol. The third-order valence-electron chi connectivity index (χ3n) is 4.26. The molecule has 0 unspecified atom stereocenters. The Morgan fingerprint density at radius 2 is 1.22 bits per heavy atom.